The Kier molecular flexibility index (Phi) is 3.20. The van der Waals surface area contributed by atoms with E-state index in [0.717, 1.165) is 0 Å². The molecule has 0 fully saturated rings. The van der Waals surface area contributed by atoms with Gasteiger partial charge in [-0.3, -0.25) is 4.79 Å². The second kappa shape index (κ2) is 3.99. The fraction of sp³-hybridized carbons (Fsp3) is 0. The molecule has 0 aliphatic heterocycles. The van der Waals surface area contributed by atoms with Crippen molar-refractivity contribution < 1.29 is 4.79 Å². The lowest BCUT2D eigenvalue weighted by Gasteiger charge is -2.04. The highest BCUT2D eigenvalue weighted by molar-refractivity contribution is 6.49. The molecular weight excluding hydrogens is 220 g/mol. The molecule has 0 bridgehead atoms. The van der Waals surface area contributed by atoms with Gasteiger partial charge in [0.2, 0.25) is 6.41 Å². The minimum absolute atomic E-state index is 0.241. The summed E-state index contributed by atoms with van der Waals surface area (Å²) in [4.78, 5) is 10.1. The van der Waals surface area contributed by atoms with Gasteiger partial charge in [-0.25, -0.2) is 0 Å². The molecule has 1 rings (SSSR count). The Morgan fingerprint density at radius 1 is 1.17 bits per heavy atom. The fourth-order valence-corrected chi connectivity index (χ4v) is 1.29. The zero-order chi connectivity index (χ0) is 9.14. The first-order valence-corrected chi connectivity index (χ1v) is 4.14. The third kappa shape index (κ3) is 1.83. The van der Waals surface area contributed by atoms with Crippen LogP contribution in [-0.4, -0.2) is 6.41 Å². The van der Waals surface area contributed by atoms with Crippen molar-refractivity contribution in [2.45, 2.75) is 0 Å². The number of hydrogen-bond acceptors (Lipinski definition) is 1. The predicted octanol–water partition coefficient (Wildman–Crippen LogP) is 3.22. The van der Waals surface area contributed by atoms with E-state index >= 15 is 0 Å². The Bertz CT molecular complexity index is 314. The molecule has 64 valence electrons. The summed E-state index contributed by atoms with van der Waals surface area (Å²) in [7, 11) is 0. The van der Waals surface area contributed by atoms with Crippen LogP contribution in [0.2, 0.25) is 15.1 Å². The number of halogens is 3. The van der Waals surface area contributed by atoms with Crippen LogP contribution in [0.3, 0.4) is 0 Å². The van der Waals surface area contributed by atoms with E-state index in [-0.39, 0.29) is 10.0 Å². The molecule has 1 aromatic carbocycles. The lowest BCUT2D eigenvalue weighted by atomic mass is 10.3. The monoisotopic (exact) mass is 223 g/mol. The maximum atomic E-state index is 10.1. The summed E-state index contributed by atoms with van der Waals surface area (Å²) in [6.07, 6.45) is 0.519. The van der Waals surface area contributed by atoms with Crippen LogP contribution >= 0.6 is 34.8 Å². The van der Waals surface area contributed by atoms with Crippen LogP contribution in [0.4, 0.5) is 5.69 Å². The first-order chi connectivity index (χ1) is 5.66. The molecule has 12 heavy (non-hydrogen) atoms. The van der Waals surface area contributed by atoms with Crippen LogP contribution in [-0.2, 0) is 4.79 Å². The van der Waals surface area contributed by atoms with E-state index in [0.29, 0.717) is 17.1 Å². The molecule has 0 saturated heterocycles. The summed E-state index contributed by atoms with van der Waals surface area (Å²) in [5.41, 5.74) is 0.445. The third-order valence-corrected chi connectivity index (χ3v) is 2.54. The van der Waals surface area contributed by atoms with Crippen molar-refractivity contribution in [2.24, 2.45) is 0 Å². The molecule has 1 N–H and O–H groups in total. The summed E-state index contributed by atoms with van der Waals surface area (Å²) in [5, 5.41) is 3.24. The first-order valence-electron chi connectivity index (χ1n) is 3.00. The zero-order valence-corrected chi connectivity index (χ0v) is 8.04. The molecule has 0 radical (unpaired) electrons. The summed E-state index contributed by atoms with van der Waals surface area (Å²) >= 11 is 17.1. The summed E-state index contributed by atoms with van der Waals surface area (Å²) in [6, 6.07) is 3.13. The summed E-state index contributed by atoms with van der Waals surface area (Å²) in [5.74, 6) is 0. The van der Waals surface area contributed by atoms with Crippen molar-refractivity contribution in [2.75, 3.05) is 5.32 Å². The second-order valence-corrected chi connectivity index (χ2v) is 3.15. The van der Waals surface area contributed by atoms with Crippen LogP contribution in [0.1, 0.15) is 0 Å². The molecule has 0 saturated carbocycles. The molecule has 0 atom stereocenters. The van der Waals surface area contributed by atoms with Gasteiger partial charge in [-0.15, -0.1) is 0 Å². The minimum atomic E-state index is 0.241. The maximum Gasteiger partial charge on any atom is 0.211 e. The van der Waals surface area contributed by atoms with Crippen molar-refractivity contribution in [3.05, 3.63) is 27.2 Å². The standard InChI is InChI=1S/C7H4Cl3NO/c8-4-1-2-5(11-3-12)7(10)6(4)9/h1-3H,(H,11,12). The average Bonchev–Trinajstić information content (AvgIpc) is 2.07. The molecule has 0 spiro atoms. The second-order valence-electron chi connectivity index (χ2n) is 1.99. The number of rotatable bonds is 2. The van der Waals surface area contributed by atoms with Crippen molar-refractivity contribution in [3.63, 3.8) is 0 Å². The Balaban J connectivity index is 3.16. The topological polar surface area (TPSA) is 29.1 Å². The lowest BCUT2D eigenvalue weighted by molar-refractivity contribution is -0.105. The predicted molar refractivity (Wildman–Crippen MR) is 51.2 cm³/mol. The summed E-state index contributed by atoms with van der Waals surface area (Å²) in [6.45, 7) is 0. The first kappa shape index (κ1) is 9.65. The van der Waals surface area contributed by atoms with Gasteiger partial charge in [-0.05, 0) is 12.1 Å². The number of hydrogen-bond donors (Lipinski definition) is 1. The van der Waals surface area contributed by atoms with Gasteiger partial charge < -0.3 is 5.32 Å². The van der Waals surface area contributed by atoms with Crippen molar-refractivity contribution in [1.29, 1.82) is 0 Å². The van der Waals surface area contributed by atoms with Gasteiger partial charge in [0.1, 0.15) is 0 Å². The SMILES string of the molecule is O=CNc1ccc(Cl)c(Cl)c1Cl. The molecule has 0 aliphatic rings. The Morgan fingerprint density at radius 3 is 2.42 bits per heavy atom. The average molecular weight is 224 g/mol. The minimum Gasteiger partial charge on any atom is -0.327 e. The van der Waals surface area contributed by atoms with E-state index in [9.17, 15) is 4.79 Å². The van der Waals surface area contributed by atoms with E-state index in [1.165, 1.54) is 0 Å². The van der Waals surface area contributed by atoms with Gasteiger partial charge in [0.15, 0.2) is 0 Å². The normalized spacial score (nSPS) is 9.58. The van der Waals surface area contributed by atoms with Crippen molar-refractivity contribution in [1.82, 2.24) is 0 Å². The molecular formula is C7H4Cl3NO. The highest BCUT2D eigenvalue weighted by Crippen LogP contribution is 2.35. The number of carbonyl (C=O) groups is 1. The highest BCUT2D eigenvalue weighted by Gasteiger charge is 2.07. The highest BCUT2D eigenvalue weighted by atomic mass is 35.5. The Hall–Kier alpha value is -0.440. The Morgan fingerprint density at radius 2 is 1.83 bits per heavy atom. The molecule has 2 nitrogen and oxygen atoms in total. The van der Waals surface area contributed by atoms with Crippen LogP contribution < -0.4 is 5.32 Å². The van der Waals surface area contributed by atoms with Crippen molar-refractivity contribution in [3.8, 4) is 0 Å². The van der Waals surface area contributed by atoms with Crippen LogP contribution in [0.25, 0.3) is 0 Å². The van der Waals surface area contributed by atoms with E-state index in [1.807, 2.05) is 0 Å². The van der Waals surface area contributed by atoms with Gasteiger partial charge in [0.05, 0.1) is 20.8 Å². The van der Waals surface area contributed by atoms with Gasteiger partial charge in [0.25, 0.3) is 0 Å². The van der Waals surface area contributed by atoms with Crippen LogP contribution in [0, 0.1) is 0 Å². The van der Waals surface area contributed by atoms with E-state index in [1.54, 1.807) is 12.1 Å². The van der Waals surface area contributed by atoms with E-state index in [4.69, 9.17) is 34.8 Å². The zero-order valence-electron chi connectivity index (χ0n) is 5.77. The number of nitrogens with one attached hydrogen (secondary N) is 1. The lowest BCUT2D eigenvalue weighted by Crippen LogP contribution is -1.94. The largest absolute Gasteiger partial charge is 0.327 e. The third-order valence-electron chi connectivity index (χ3n) is 1.25. The van der Waals surface area contributed by atoms with Gasteiger partial charge in [-0.1, -0.05) is 34.8 Å². The van der Waals surface area contributed by atoms with Gasteiger partial charge in [0, 0.05) is 0 Å². The molecule has 1 amide bonds. The number of benzene rings is 1. The molecule has 0 aliphatic carbocycles. The maximum absolute atomic E-state index is 10.1. The smallest absolute Gasteiger partial charge is 0.211 e. The molecule has 1 aromatic rings. The van der Waals surface area contributed by atoms with Crippen LogP contribution in [0.15, 0.2) is 12.1 Å². The molecule has 0 heterocycles. The van der Waals surface area contributed by atoms with Gasteiger partial charge in [-0.2, -0.15) is 0 Å². The number of anilines is 1. The summed E-state index contributed by atoms with van der Waals surface area (Å²) < 4.78 is 0. The van der Waals surface area contributed by atoms with Gasteiger partial charge >= 0.3 is 0 Å². The molecule has 5 heteroatoms. The molecule has 0 aromatic heterocycles. The number of carbonyl (C=O) groups excluding carboxylic acids is 1. The van der Waals surface area contributed by atoms with Crippen LogP contribution in [0.5, 0.6) is 0 Å². The van der Waals surface area contributed by atoms with E-state index in [2.05, 4.69) is 5.32 Å². The molecule has 0 unspecified atom stereocenters. The number of amides is 1. The Labute approximate surface area is 84.4 Å². The fourth-order valence-electron chi connectivity index (χ4n) is 0.701. The van der Waals surface area contributed by atoms with E-state index < -0.39 is 0 Å². The van der Waals surface area contributed by atoms with Crippen molar-refractivity contribution >= 4 is 46.9 Å². The quantitative estimate of drug-likeness (QED) is 0.606.